The summed E-state index contributed by atoms with van der Waals surface area (Å²) in [6.45, 7) is -1.12. The van der Waals surface area contributed by atoms with E-state index < -0.39 is 36.8 Å². The van der Waals surface area contributed by atoms with Gasteiger partial charge in [-0.25, -0.2) is 4.79 Å². The molecule has 6 nitrogen and oxygen atoms in total. The molecule has 0 fully saturated rings. The van der Waals surface area contributed by atoms with Gasteiger partial charge in [0, 0.05) is 5.69 Å². The first-order chi connectivity index (χ1) is 12.8. The third-order valence-electron chi connectivity index (χ3n) is 3.25. The van der Waals surface area contributed by atoms with Crippen LogP contribution in [-0.2, 0) is 20.5 Å². The van der Waals surface area contributed by atoms with Crippen LogP contribution in [0.3, 0.4) is 0 Å². The maximum absolute atomic E-state index is 12.6. The van der Waals surface area contributed by atoms with Crippen LogP contribution in [0.2, 0.25) is 0 Å². The van der Waals surface area contributed by atoms with Gasteiger partial charge in [-0.2, -0.15) is 13.2 Å². The van der Waals surface area contributed by atoms with Gasteiger partial charge >= 0.3 is 12.1 Å². The molecule has 0 saturated carbocycles. The number of nitrogens with one attached hydrogen (secondary N) is 1. The minimum atomic E-state index is -4.52. The van der Waals surface area contributed by atoms with Crippen LogP contribution in [0.15, 0.2) is 48.5 Å². The SMILES string of the molecule is COc1ccccc1OCC(=O)OCC(=O)Nc1cccc(C(F)(F)F)c1. The molecule has 1 amide bonds. The highest BCUT2D eigenvalue weighted by Crippen LogP contribution is 2.30. The summed E-state index contributed by atoms with van der Waals surface area (Å²) in [5.41, 5.74) is -0.960. The van der Waals surface area contributed by atoms with Crippen molar-refractivity contribution in [2.45, 2.75) is 6.18 Å². The van der Waals surface area contributed by atoms with Crippen LogP contribution in [0.5, 0.6) is 11.5 Å². The number of esters is 1. The van der Waals surface area contributed by atoms with E-state index in [0.717, 1.165) is 18.2 Å². The molecule has 0 aliphatic rings. The van der Waals surface area contributed by atoms with E-state index in [1.807, 2.05) is 0 Å². The fourth-order valence-corrected chi connectivity index (χ4v) is 2.03. The molecule has 144 valence electrons. The number of benzene rings is 2. The third-order valence-corrected chi connectivity index (χ3v) is 3.25. The van der Waals surface area contributed by atoms with Crippen LogP contribution in [0.4, 0.5) is 18.9 Å². The lowest BCUT2D eigenvalue weighted by atomic mass is 10.2. The lowest BCUT2D eigenvalue weighted by molar-refractivity contribution is -0.149. The zero-order valence-corrected chi connectivity index (χ0v) is 14.2. The van der Waals surface area contributed by atoms with Crippen molar-refractivity contribution in [3.63, 3.8) is 0 Å². The average Bonchev–Trinajstić information content (AvgIpc) is 2.64. The topological polar surface area (TPSA) is 73.9 Å². The number of hydrogen-bond donors (Lipinski definition) is 1. The number of methoxy groups -OCH3 is 1. The van der Waals surface area contributed by atoms with Crippen molar-refractivity contribution in [2.75, 3.05) is 25.6 Å². The molecule has 0 bridgehead atoms. The first kappa shape index (κ1) is 20.1. The number of carbonyl (C=O) groups excluding carboxylic acids is 2. The fourth-order valence-electron chi connectivity index (χ4n) is 2.03. The number of hydrogen-bond acceptors (Lipinski definition) is 5. The van der Waals surface area contributed by atoms with Crippen molar-refractivity contribution >= 4 is 17.6 Å². The van der Waals surface area contributed by atoms with Gasteiger partial charge in [-0.05, 0) is 30.3 Å². The van der Waals surface area contributed by atoms with Gasteiger partial charge < -0.3 is 19.5 Å². The predicted molar refractivity (Wildman–Crippen MR) is 89.5 cm³/mol. The summed E-state index contributed by atoms with van der Waals surface area (Å²) in [6.07, 6.45) is -4.52. The molecule has 0 aliphatic carbocycles. The highest BCUT2D eigenvalue weighted by Gasteiger charge is 2.30. The van der Waals surface area contributed by atoms with Gasteiger partial charge in [-0.1, -0.05) is 18.2 Å². The monoisotopic (exact) mass is 383 g/mol. The number of halogens is 3. The normalized spacial score (nSPS) is 10.8. The summed E-state index contributed by atoms with van der Waals surface area (Å²) < 4.78 is 52.9. The van der Waals surface area contributed by atoms with Gasteiger partial charge in [0.1, 0.15) is 0 Å². The molecule has 2 aromatic carbocycles. The molecular weight excluding hydrogens is 367 g/mol. The Morgan fingerprint density at radius 3 is 2.37 bits per heavy atom. The fraction of sp³-hybridized carbons (Fsp3) is 0.222. The van der Waals surface area contributed by atoms with E-state index in [4.69, 9.17) is 14.2 Å². The van der Waals surface area contributed by atoms with Crippen molar-refractivity contribution in [3.8, 4) is 11.5 Å². The molecule has 2 aromatic rings. The zero-order chi connectivity index (χ0) is 19.9. The number of rotatable bonds is 7. The Hall–Kier alpha value is -3.23. The number of ether oxygens (including phenoxy) is 3. The zero-order valence-electron chi connectivity index (χ0n) is 14.2. The maximum Gasteiger partial charge on any atom is 0.416 e. The van der Waals surface area contributed by atoms with Crippen molar-refractivity contribution < 1.29 is 37.0 Å². The molecular formula is C18H16F3NO5. The Kier molecular flexibility index (Phi) is 6.64. The van der Waals surface area contributed by atoms with Crippen molar-refractivity contribution in [1.82, 2.24) is 0 Å². The van der Waals surface area contributed by atoms with E-state index in [-0.39, 0.29) is 5.69 Å². The van der Waals surface area contributed by atoms with E-state index >= 15 is 0 Å². The number of carbonyl (C=O) groups is 2. The van der Waals surface area contributed by atoms with Crippen LogP contribution in [0.1, 0.15) is 5.56 Å². The van der Waals surface area contributed by atoms with Crippen LogP contribution in [0.25, 0.3) is 0 Å². The van der Waals surface area contributed by atoms with E-state index in [0.29, 0.717) is 11.5 Å². The summed E-state index contributed by atoms with van der Waals surface area (Å²) in [5.74, 6) is -0.849. The number of para-hydroxylation sites is 2. The second-order valence-corrected chi connectivity index (χ2v) is 5.23. The predicted octanol–water partition coefficient (Wildman–Crippen LogP) is 3.27. The Bertz CT molecular complexity index is 808. The minimum Gasteiger partial charge on any atom is -0.493 e. The second kappa shape index (κ2) is 8.93. The molecule has 1 N–H and O–H groups in total. The standard InChI is InChI=1S/C18H16F3NO5/c1-25-14-7-2-3-8-15(14)26-11-17(24)27-10-16(23)22-13-6-4-5-12(9-13)18(19,20)21/h2-9H,10-11H2,1H3,(H,22,23). The Morgan fingerprint density at radius 1 is 1.00 bits per heavy atom. The Balaban J connectivity index is 1.81. The first-order valence-corrected chi connectivity index (χ1v) is 7.68. The molecule has 0 atom stereocenters. The lowest BCUT2D eigenvalue weighted by Crippen LogP contribution is -2.23. The summed E-state index contributed by atoms with van der Waals surface area (Å²) in [5, 5.41) is 2.22. The second-order valence-electron chi connectivity index (χ2n) is 5.23. The molecule has 0 aromatic heterocycles. The highest BCUT2D eigenvalue weighted by atomic mass is 19.4. The highest BCUT2D eigenvalue weighted by molar-refractivity contribution is 5.92. The molecule has 0 saturated heterocycles. The summed E-state index contributed by atoms with van der Waals surface area (Å²) in [7, 11) is 1.44. The smallest absolute Gasteiger partial charge is 0.416 e. The molecule has 27 heavy (non-hydrogen) atoms. The minimum absolute atomic E-state index is 0.0591. The van der Waals surface area contributed by atoms with E-state index in [9.17, 15) is 22.8 Å². The van der Waals surface area contributed by atoms with Gasteiger partial charge in [-0.15, -0.1) is 0 Å². The van der Waals surface area contributed by atoms with E-state index in [2.05, 4.69) is 5.32 Å². The molecule has 0 spiro atoms. The Labute approximate surface area is 152 Å². The van der Waals surface area contributed by atoms with Gasteiger partial charge in [0.2, 0.25) is 0 Å². The van der Waals surface area contributed by atoms with Gasteiger partial charge in [0.15, 0.2) is 24.7 Å². The van der Waals surface area contributed by atoms with Crippen molar-refractivity contribution in [3.05, 3.63) is 54.1 Å². The molecule has 0 unspecified atom stereocenters. The molecule has 0 radical (unpaired) electrons. The van der Waals surface area contributed by atoms with Gasteiger partial charge in [-0.3, -0.25) is 4.79 Å². The largest absolute Gasteiger partial charge is 0.493 e. The third kappa shape index (κ3) is 6.21. The van der Waals surface area contributed by atoms with Gasteiger partial charge in [0.25, 0.3) is 5.91 Å². The molecule has 0 aliphatic heterocycles. The number of anilines is 1. The Morgan fingerprint density at radius 2 is 1.70 bits per heavy atom. The maximum atomic E-state index is 12.6. The van der Waals surface area contributed by atoms with Crippen LogP contribution < -0.4 is 14.8 Å². The van der Waals surface area contributed by atoms with Gasteiger partial charge in [0.05, 0.1) is 12.7 Å². The van der Waals surface area contributed by atoms with E-state index in [1.165, 1.54) is 13.2 Å². The van der Waals surface area contributed by atoms with E-state index in [1.54, 1.807) is 24.3 Å². The summed E-state index contributed by atoms with van der Waals surface area (Å²) in [6, 6.07) is 10.8. The van der Waals surface area contributed by atoms with Crippen LogP contribution >= 0.6 is 0 Å². The molecule has 2 rings (SSSR count). The van der Waals surface area contributed by atoms with Crippen LogP contribution in [-0.4, -0.2) is 32.2 Å². The summed E-state index contributed by atoms with van der Waals surface area (Å²) in [4.78, 5) is 23.4. The molecule has 9 heteroatoms. The van der Waals surface area contributed by atoms with Crippen molar-refractivity contribution in [2.24, 2.45) is 0 Å². The van der Waals surface area contributed by atoms with Crippen molar-refractivity contribution in [1.29, 1.82) is 0 Å². The number of amides is 1. The van der Waals surface area contributed by atoms with Crippen LogP contribution in [0, 0.1) is 0 Å². The average molecular weight is 383 g/mol. The lowest BCUT2D eigenvalue weighted by Gasteiger charge is -2.11. The quantitative estimate of drug-likeness (QED) is 0.743. The number of alkyl halides is 3. The molecule has 0 heterocycles. The summed E-state index contributed by atoms with van der Waals surface area (Å²) >= 11 is 0. The first-order valence-electron chi connectivity index (χ1n) is 7.68.